The number of nitrogens with one attached hydrogen (secondary N) is 1. The first-order valence-corrected chi connectivity index (χ1v) is 9.10. The van der Waals surface area contributed by atoms with Crippen LogP contribution in [-0.2, 0) is 14.4 Å². The van der Waals surface area contributed by atoms with Gasteiger partial charge in [0.15, 0.2) is 0 Å². The molecular formula is C19H17FN2O3S. The molecule has 1 unspecified atom stereocenters. The minimum atomic E-state index is -0.616. The van der Waals surface area contributed by atoms with Crippen LogP contribution < -0.4 is 10.2 Å². The molecule has 0 aromatic heterocycles. The molecule has 0 spiro atoms. The van der Waals surface area contributed by atoms with Crippen molar-refractivity contribution in [1.29, 1.82) is 0 Å². The number of benzene rings is 2. The van der Waals surface area contributed by atoms with Gasteiger partial charge in [-0.3, -0.25) is 14.4 Å². The Kier molecular flexibility index (Phi) is 5.37. The minimum absolute atomic E-state index is 0.0263. The third-order valence-electron chi connectivity index (χ3n) is 4.02. The first-order chi connectivity index (χ1) is 12.5. The summed E-state index contributed by atoms with van der Waals surface area (Å²) in [7, 11) is 0. The molecule has 2 aromatic carbocycles. The maximum atomic E-state index is 13.0. The van der Waals surface area contributed by atoms with Crippen LogP contribution in [0.3, 0.4) is 0 Å². The van der Waals surface area contributed by atoms with E-state index in [1.807, 2.05) is 25.1 Å². The SMILES string of the molecule is Cc1ccccc1NC(=O)CSC1CC(=O)N(c2ccc(F)cc2)C1=O. The summed E-state index contributed by atoms with van der Waals surface area (Å²) in [6.45, 7) is 1.89. The zero-order chi connectivity index (χ0) is 18.7. The standard InChI is InChI=1S/C19H17FN2O3S/c1-12-4-2-3-5-15(12)21-17(23)11-26-16-10-18(24)22(19(16)25)14-8-6-13(20)7-9-14/h2-9,16H,10-11H2,1H3,(H,21,23). The quantitative estimate of drug-likeness (QED) is 0.819. The highest BCUT2D eigenvalue weighted by molar-refractivity contribution is 8.01. The molecule has 26 heavy (non-hydrogen) atoms. The highest BCUT2D eigenvalue weighted by Crippen LogP contribution is 2.29. The van der Waals surface area contributed by atoms with Gasteiger partial charge in [-0.15, -0.1) is 11.8 Å². The summed E-state index contributed by atoms with van der Waals surface area (Å²) in [6.07, 6.45) is 0.0263. The van der Waals surface area contributed by atoms with E-state index in [1.165, 1.54) is 24.3 Å². The molecule has 1 atom stereocenters. The monoisotopic (exact) mass is 372 g/mol. The molecule has 134 valence electrons. The number of para-hydroxylation sites is 1. The molecule has 2 aromatic rings. The molecular weight excluding hydrogens is 355 g/mol. The summed E-state index contributed by atoms with van der Waals surface area (Å²) in [6, 6.07) is 12.6. The highest BCUT2D eigenvalue weighted by Gasteiger charge is 2.40. The minimum Gasteiger partial charge on any atom is -0.325 e. The lowest BCUT2D eigenvalue weighted by Crippen LogP contribution is -2.31. The fraction of sp³-hybridized carbons (Fsp3) is 0.211. The molecule has 1 aliphatic heterocycles. The molecule has 0 bridgehead atoms. The summed E-state index contributed by atoms with van der Waals surface area (Å²) in [5.74, 6) is -1.33. The lowest BCUT2D eigenvalue weighted by atomic mass is 10.2. The largest absolute Gasteiger partial charge is 0.325 e. The normalized spacial score (nSPS) is 16.8. The number of carbonyl (C=O) groups excluding carboxylic acids is 3. The predicted octanol–water partition coefficient (Wildman–Crippen LogP) is 3.14. The van der Waals surface area contributed by atoms with Gasteiger partial charge in [0.25, 0.3) is 0 Å². The Balaban J connectivity index is 1.60. The van der Waals surface area contributed by atoms with Crippen molar-refractivity contribution in [1.82, 2.24) is 0 Å². The molecule has 1 aliphatic rings. The molecule has 3 amide bonds. The number of thioether (sulfide) groups is 1. The van der Waals surface area contributed by atoms with Crippen molar-refractivity contribution in [2.75, 3.05) is 16.0 Å². The summed E-state index contributed by atoms with van der Waals surface area (Å²) in [4.78, 5) is 37.8. The van der Waals surface area contributed by atoms with E-state index in [1.54, 1.807) is 6.07 Å². The Morgan fingerprint density at radius 1 is 1.19 bits per heavy atom. The van der Waals surface area contributed by atoms with Crippen LogP contribution in [0.4, 0.5) is 15.8 Å². The Labute approximate surface area is 154 Å². The number of anilines is 2. The first-order valence-electron chi connectivity index (χ1n) is 8.05. The van der Waals surface area contributed by atoms with Gasteiger partial charge in [0.05, 0.1) is 16.7 Å². The average Bonchev–Trinajstić information content (AvgIpc) is 2.90. The van der Waals surface area contributed by atoms with Crippen LogP contribution in [0.25, 0.3) is 0 Å². The third-order valence-corrected chi connectivity index (χ3v) is 5.22. The molecule has 0 saturated carbocycles. The molecule has 1 fully saturated rings. The Morgan fingerprint density at radius 2 is 1.88 bits per heavy atom. The van der Waals surface area contributed by atoms with E-state index in [0.717, 1.165) is 27.9 Å². The maximum Gasteiger partial charge on any atom is 0.247 e. The van der Waals surface area contributed by atoms with Crippen LogP contribution in [-0.4, -0.2) is 28.7 Å². The van der Waals surface area contributed by atoms with E-state index in [9.17, 15) is 18.8 Å². The van der Waals surface area contributed by atoms with E-state index in [-0.39, 0.29) is 29.9 Å². The van der Waals surface area contributed by atoms with Crippen LogP contribution >= 0.6 is 11.8 Å². The molecule has 0 aliphatic carbocycles. The number of hydrogen-bond donors (Lipinski definition) is 1. The van der Waals surface area contributed by atoms with Crippen molar-refractivity contribution < 1.29 is 18.8 Å². The Hall–Kier alpha value is -2.67. The van der Waals surface area contributed by atoms with Crippen molar-refractivity contribution >= 4 is 40.9 Å². The van der Waals surface area contributed by atoms with Gasteiger partial charge in [-0.05, 0) is 42.8 Å². The lowest BCUT2D eigenvalue weighted by Gasteiger charge is -2.15. The number of hydrogen-bond acceptors (Lipinski definition) is 4. The van der Waals surface area contributed by atoms with Crippen molar-refractivity contribution in [3.05, 3.63) is 59.9 Å². The maximum absolute atomic E-state index is 13.0. The van der Waals surface area contributed by atoms with Gasteiger partial charge in [-0.25, -0.2) is 9.29 Å². The van der Waals surface area contributed by atoms with Crippen LogP contribution in [0, 0.1) is 12.7 Å². The van der Waals surface area contributed by atoms with Gasteiger partial charge in [0.2, 0.25) is 17.7 Å². The Bertz CT molecular complexity index is 854. The van der Waals surface area contributed by atoms with E-state index in [2.05, 4.69) is 5.32 Å². The second-order valence-electron chi connectivity index (χ2n) is 5.91. The number of nitrogens with zero attached hydrogens (tertiary/aromatic N) is 1. The van der Waals surface area contributed by atoms with E-state index < -0.39 is 11.1 Å². The van der Waals surface area contributed by atoms with Gasteiger partial charge in [0, 0.05) is 12.1 Å². The number of amides is 3. The molecule has 1 N–H and O–H groups in total. The summed E-state index contributed by atoms with van der Waals surface area (Å²) >= 11 is 1.13. The predicted molar refractivity (Wildman–Crippen MR) is 99.6 cm³/mol. The topological polar surface area (TPSA) is 66.5 Å². The van der Waals surface area contributed by atoms with Crippen LogP contribution in [0.2, 0.25) is 0 Å². The average molecular weight is 372 g/mol. The fourth-order valence-electron chi connectivity index (χ4n) is 2.67. The van der Waals surface area contributed by atoms with Gasteiger partial charge < -0.3 is 5.32 Å². The summed E-state index contributed by atoms with van der Waals surface area (Å²) < 4.78 is 13.0. The molecule has 3 rings (SSSR count). The molecule has 0 radical (unpaired) electrons. The zero-order valence-electron chi connectivity index (χ0n) is 14.1. The smallest absolute Gasteiger partial charge is 0.247 e. The van der Waals surface area contributed by atoms with Crippen LogP contribution in [0.15, 0.2) is 48.5 Å². The van der Waals surface area contributed by atoms with Gasteiger partial charge in [0.1, 0.15) is 5.82 Å². The summed E-state index contributed by atoms with van der Waals surface area (Å²) in [5.41, 5.74) is 2.01. The van der Waals surface area contributed by atoms with Crippen molar-refractivity contribution in [2.24, 2.45) is 0 Å². The van der Waals surface area contributed by atoms with Gasteiger partial charge in [-0.2, -0.15) is 0 Å². The van der Waals surface area contributed by atoms with Crippen molar-refractivity contribution in [3.63, 3.8) is 0 Å². The van der Waals surface area contributed by atoms with E-state index in [4.69, 9.17) is 0 Å². The fourth-order valence-corrected chi connectivity index (χ4v) is 3.60. The first kappa shape index (κ1) is 18.1. The number of carbonyl (C=O) groups is 3. The molecule has 5 nitrogen and oxygen atoms in total. The van der Waals surface area contributed by atoms with Crippen LogP contribution in [0.1, 0.15) is 12.0 Å². The second-order valence-corrected chi connectivity index (χ2v) is 7.10. The third kappa shape index (κ3) is 3.94. The second kappa shape index (κ2) is 7.70. The van der Waals surface area contributed by atoms with E-state index in [0.29, 0.717) is 5.69 Å². The van der Waals surface area contributed by atoms with E-state index >= 15 is 0 Å². The number of imide groups is 1. The molecule has 7 heteroatoms. The number of halogens is 1. The Morgan fingerprint density at radius 3 is 2.58 bits per heavy atom. The number of rotatable bonds is 5. The van der Waals surface area contributed by atoms with Crippen molar-refractivity contribution in [2.45, 2.75) is 18.6 Å². The van der Waals surface area contributed by atoms with Crippen molar-refractivity contribution in [3.8, 4) is 0 Å². The van der Waals surface area contributed by atoms with Gasteiger partial charge >= 0.3 is 0 Å². The van der Waals surface area contributed by atoms with Crippen LogP contribution in [0.5, 0.6) is 0 Å². The zero-order valence-corrected chi connectivity index (χ0v) is 14.9. The highest BCUT2D eigenvalue weighted by atomic mass is 32.2. The lowest BCUT2D eigenvalue weighted by molar-refractivity contribution is -0.121. The molecule has 1 heterocycles. The number of aryl methyl sites for hydroxylation is 1. The molecule has 1 saturated heterocycles. The summed E-state index contributed by atoms with van der Waals surface area (Å²) in [5, 5.41) is 2.18. The van der Waals surface area contributed by atoms with Gasteiger partial charge in [-0.1, -0.05) is 18.2 Å².